The van der Waals surface area contributed by atoms with Crippen molar-refractivity contribution < 1.29 is 22.8 Å². The van der Waals surface area contributed by atoms with Crippen LogP contribution in [0.5, 0.6) is 0 Å². The largest absolute Gasteiger partial charge is 0.416 e. The highest BCUT2D eigenvalue weighted by Crippen LogP contribution is 2.31. The second kappa shape index (κ2) is 8.22. The Morgan fingerprint density at radius 2 is 1.76 bits per heavy atom. The lowest BCUT2D eigenvalue weighted by Gasteiger charge is -2.38. The van der Waals surface area contributed by atoms with E-state index in [0.717, 1.165) is 25.7 Å². The number of amides is 3. The monoisotopic (exact) mass is 412 g/mol. The Morgan fingerprint density at radius 1 is 1.07 bits per heavy atom. The number of hydrogen-bond acceptors (Lipinski definition) is 4. The summed E-state index contributed by atoms with van der Waals surface area (Å²) in [6.45, 7) is 7.48. The number of nitrogens with zero attached hydrogens (tertiary/aromatic N) is 3. The average molecular weight is 412 g/mol. The maximum atomic E-state index is 12.9. The van der Waals surface area contributed by atoms with Crippen LogP contribution in [0.4, 0.5) is 23.7 Å². The fourth-order valence-corrected chi connectivity index (χ4v) is 3.78. The Kier molecular flexibility index (Phi) is 6.07. The molecule has 2 heterocycles. The van der Waals surface area contributed by atoms with E-state index in [1.165, 1.54) is 17.0 Å². The molecule has 0 unspecified atom stereocenters. The molecule has 2 saturated heterocycles. The van der Waals surface area contributed by atoms with Gasteiger partial charge in [-0.2, -0.15) is 13.2 Å². The smallest absolute Gasteiger partial charge is 0.369 e. The average Bonchev–Trinajstić information content (AvgIpc) is 2.63. The zero-order chi connectivity index (χ0) is 21.2. The van der Waals surface area contributed by atoms with Crippen molar-refractivity contribution in [2.45, 2.75) is 38.4 Å². The third-order valence-electron chi connectivity index (χ3n) is 5.35. The Morgan fingerprint density at radius 3 is 2.38 bits per heavy atom. The molecule has 0 aromatic heterocycles. The molecular weight excluding hydrogens is 385 g/mol. The lowest BCUT2D eigenvalue weighted by molar-refractivity contribution is -0.137. The summed E-state index contributed by atoms with van der Waals surface area (Å²) in [5.41, 5.74) is -0.563. The summed E-state index contributed by atoms with van der Waals surface area (Å²) >= 11 is 0. The van der Waals surface area contributed by atoms with Gasteiger partial charge in [-0.1, -0.05) is 6.07 Å². The van der Waals surface area contributed by atoms with E-state index in [9.17, 15) is 22.8 Å². The first-order chi connectivity index (χ1) is 13.5. The number of rotatable bonds is 5. The molecule has 3 amide bonds. The zero-order valence-electron chi connectivity index (χ0n) is 16.8. The number of benzene rings is 1. The van der Waals surface area contributed by atoms with Crippen LogP contribution in [0.15, 0.2) is 24.3 Å². The molecule has 3 rings (SSSR count). The number of carbonyl (C=O) groups is 2. The third-order valence-corrected chi connectivity index (χ3v) is 5.35. The van der Waals surface area contributed by atoms with Crippen molar-refractivity contribution in [3.63, 3.8) is 0 Å². The molecule has 0 aliphatic carbocycles. The van der Waals surface area contributed by atoms with Gasteiger partial charge in [-0.15, -0.1) is 0 Å². The van der Waals surface area contributed by atoms with Crippen molar-refractivity contribution in [3.8, 4) is 0 Å². The maximum absolute atomic E-state index is 12.9. The van der Waals surface area contributed by atoms with Gasteiger partial charge in [0.2, 0.25) is 5.91 Å². The van der Waals surface area contributed by atoms with Crippen LogP contribution in [0, 0.1) is 0 Å². The third kappa shape index (κ3) is 5.41. The number of carbonyl (C=O) groups excluding carboxylic acids is 2. The highest BCUT2D eigenvalue weighted by molar-refractivity contribution is 5.97. The van der Waals surface area contributed by atoms with E-state index in [-0.39, 0.29) is 18.4 Å². The second-order valence-electron chi connectivity index (χ2n) is 8.27. The fraction of sp³-hybridized carbons (Fsp3) is 0.600. The Labute approximate surface area is 168 Å². The summed E-state index contributed by atoms with van der Waals surface area (Å²) < 4.78 is 38.7. The van der Waals surface area contributed by atoms with E-state index < -0.39 is 17.3 Å². The molecule has 0 saturated carbocycles. The molecule has 1 aromatic carbocycles. The predicted molar refractivity (Wildman–Crippen MR) is 104 cm³/mol. The zero-order valence-corrected chi connectivity index (χ0v) is 16.8. The van der Waals surface area contributed by atoms with Gasteiger partial charge in [0.1, 0.15) is 0 Å². The highest BCUT2D eigenvalue weighted by atomic mass is 19.4. The van der Waals surface area contributed by atoms with E-state index in [1.807, 2.05) is 18.7 Å². The number of nitrogens with one attached hydrogen (secondary N) is 1. The van der Waals surface area contributed by atoms with Gasteiger partial charge in [0.05, 0.1) is 5.56 Å². The van der Waals surface area contributed by atoms with E-state index in [1.54, 1.807) is 6.07 Å². The first kappa shape index (κ1) is 21.4. The molecule has 6 nitrogen and oxygen atoms in total. The molecule has 0 atom stereocenters. The molecule has 160 valence electrons. The number of imide groups is 1. The Bertz CT molecular complexity index is 738. The van der Waals surface area contributed by atoms with Crippen molar-refractivity contribution >= 4 is 17.6 Å². The van der Waals surface area contributed by atoms with Crippen molar-refractivity contribution in [1.29, 1.82) is 0 Å². The SMILES string of the molecule is CC1(C)CC(=O)N(CCCN2CCN(c3cccc(C(F)(F)F)c3)CC2)C(=O)N1. The van der Waals surface area contributed by atoms with Crippen molar-refractivity contribution in [1.82, 2.24) is 15.1 Å². The second-order valence-corrected chi connectivity index (χ2v) is 8.27. The van der Waals surface area contributed by atoms with Gasteiger partial charge in [0.15, 0.2) is 0 Å². The molecule has 2 fully saturated rings. The van der Waals surface area contributed by atoms with E-state index >= 15 is 0 Å². The van der Waals surface area contributed by atoms with Gasteiger partial charge < -0.3 is 10.2 Å². The van der Waals surface area contributed by atoms with Crippen LogP contribution in [-0.4, -0.2) is 66.5 Å². The van der Waals surface area contributed by atoms with Crippen molar-refractivity contribution in [3.05, 3.63) is 29.8 Å². The van der Waals surface area contributed by atoms with Crippen LogP contribution in [0.1, 0.15) is 32.3 Å². The van der Waals surface area contributed by atoms with Crippen LogP contribution in [0.3, 0.4) is 0 Å². The normalized spacial score (nSPS) is 20.7. The fourth-order valence-electron chi connectivity index (χ4n) is 3.78. The highest BCUT2D eigenvalue weighted by Gasteiger charge is 2.36. The Hall–Kier alpha value is -2.29. The van der Waals surface area contributed by atoms with Gasteiger partial charge in [-0.3, -0.25) is 14.6 Å². The van der Waals surface area contributed by atoms with Crippen LogP contribution in [-0.2, 0) is 11.0 Å². The summed E-state index contributed by atoms with van der Waals surface area (Å²) in [6, 6.07) is 5.07. The number of urea groups is 1. The number of halogens is 3. The van der Waals surface area contributed by atoms with Gasteiger partial charge in [0.25, 0.3) is 0 Å². The van der Waals surface area contributed by atoms with E-state index in [0.29, 0.717) is 31.7 Å². The van der Waals surface area contributed by atoms with Gasteiger partial charge in [-0.05, 0) is 45.0 Å². The van der Waals surface area contributed by atoms with E-state index in [4.69, 9.17) is 0 Å². The number of hydrogen-bond donors (Lipinski definition) is 1. The number of piperazine rings is 1. The molecular formula is C20H27F3N4O2. The molecule has 0 bridgehead atoms. The first-order valence-corrected chi connectivity index (χ1v) is 9.82. The molecule has 1 N–H and O–H groups in total. The van der Waals surface area contributed by atoms with Crippen LogP contribution < -0.4 is 10.2 Å². The predicted octanol–water partition coefficient (Wildman–Crippen LogP) is 2.94. The molecule has 9 heteroatoms. The van der Waals surface area contributed by atoms with Gasteiger partial charge in [-0.25, -0.2) is 4.79 Å². The number of anilines is 1. The summed E-state index contributed by atoms with van der Waals surface area (Å²) in [6.07, 6.45) is -3.39. The van der Waals surface area contributed by atoms with Crippen molar-refractivity contribution in [2.24, 2.45) is 0 Å². The minimum atomic E-state index is -4.34. The van der Waals surface area contributed by atoms with Crippen molar-refractivity contribution in [2.75, 3.05) is 44.2 Å². The summed E-state index contributed by atoms with van der Waals surface area (Å²) in [7, 11) is 0. The van der Waals surface area contributed by atoms with Gasteiger partial charge in [0, 0.05) is 50.4 Å². The lowest BCUT2D eigenvalue weighted by atomic mass is 9.98. The van der Waals surface area contributed by atoms with Crippen LogP contribution in [0.25, 0.3) is 0 Å². The minimum Gasteiger partial charge on any atom is -0.369 e. The molecule has 2 aliphatic rings. The minimum absolute atomic E-state index is 0.159. The maximum Gasteiger partial charge on any atom is 0.416 e. The van der Waals surface area contributed by atoms with E-state index in [2.05, 4.69) is 10.2 Å². The summed E-state index contributed by atoms with van der Waals surface area (Å²) in [5, 5.41) is 2.83. The first-order valence-electron chi connectivity index (χ1n) is 9.82. The Balaban J connectivity index is 1.45. The quantitative estimate of drug-likeness (QED) is 0.808. The lowest BCUT2D eigenvalue weighted by Crippen LogP contribution is -2.59. The van der Waals surface area contributed by atoms with Crippen LogP contribution >= 0.6 is 0 Å². The number of alkyl halides is 3. The van der Waals surface area contributed by atoms with Crippen LogP contribution in [0.2, 0.25) is 0 Å². The summed E-state index contributed by atoms with van der Waals surface area (Å²) in [5.74, 6) is -0.159. The molecule has 1 aromatic rings. The molecule has 0 spiro atoms. The van der Waals surface area contributed by atoms with Gasteiger partial charge >= 0.3 is 12.2 Å². The topological polar surface area (TPSA) is 55.9 Å². The molecule has 2 aliphatic heterocycles. The summed E-state index contributed by atoms with van der Waals surface area (Å²) in [4.78, 5) is 29.7. The molecule has 29 heavy (non-hydrogen) atoms. The molecule has 0 radical (unpaired) electrons. The standard InChI is InChI=1S/C20H27F3N4O2/c1-19(2)14-17(28)27(18(29)24-19)8-4-7-25-9-11-26(12-10-25)16-6-3-5-15(13-16)20(21,22)23/h3,5-6,13H,4,7-12,14H2,1-2H3,(H,24,29).